The summed E-state index contributed by atoms with van der Waals surface area (Å²) in [6.45, 7) is 6.45. The summed E-state index contributed by atoms with van der Waals surface area (Å²) < 4.78 is 0. The smallest absolute Gasteiger partial charge is 0.0629 e. The maximum Gasteiger partial charge on any atom is 0.0629 e. The van der Waals surface area contributed by atoms with E-state index in [9.17, 15) is 0 Å². The van der Waals surface area contributed by atoms with Gasteiger partial charge in [-0.25, -0.2) is 0 Å². The number of hydrogen-bond acceptors (Lipinski definition) is 1. The van der Waals surface area contributed by atoms with Crippen molar-refractivity contribution in [3.05, 3.63) is 35.7 Å². The van der Waals surface area contributed by atoms with Gasteiger partial charge in [0, 0.05) is 5.69 Å². The second-order valence-corrected chi connectivity index (χ2v) is 3.74. The van der Waals surface area contributed by atoms with E-state index in [1.807, 2.05) is 25.1 Å². The lowest BCUT2D eigenvalue weighted by molar-refractivity contribution is 0.665. The molecule has 0 aliphatic carbocycles. The fraction of sp³-hybridized carbons (Fsp3) is 0.417. The molecule has 1 nitrogen and oxygen atoms in total. The van der Waals surface area contributed by atoms with Crippen molar-refractivity contribution in [1.82, 2.24) is 4.98 Å². The molecule has 0 fully saturated rings. The SMILES string of the molecule is Cc1cccc(/C=C/CC(C)C)n1. The highest BCUT2D eigenvalue weighted by Crippen LogP contribution is 2.04. The zero-order chi connectivity index (χ0) is 9.68. The van der Waals surface area contributed by atoms with Crippen molar-refractivity contribution >= 4 is 6.08 Å². The van der Waals surface area contributed by atoms with Crippen molar-refractivity contribution in [2.24, 2.45) is 5.92 Å². The van der Waals surface area contributed by atoms with Crippen molar-refractivity contribution in [1.29, 1.82) is 0 Å². The quantitative estimate of drug-likeness (QED) is 0.685. The fourth-order valence-corrected chi connectivity index (χ4v) is 1.12. The summed E-state index contributed by atoms with van der Waals surface area (Å²) in [5.41, 5.74) is 2.13. The molecule has 0 radical (unpaired) electrons. The molecular formula is C12H17N. The highest BCUT2D eigenvalue weighted by atomic mass is 14.7. The summed E-state index contributed by atoms with van der Waals surface area (Å²) in [4.78, 5) is 4.38. The maximum absolute atomic E-state index is 4.38. The monoisotopic (exact) mass is 175 g/mol. The Balaban J connectivity index is 2.58. The van der Waals surface area contributed by atoms with Gasteiger partial charge in [0.25, 0.3) is 0 Å². The molecule has 0 atom stereocenters. The van der Waals surface area contributed by atoms with Gasteiger partial charge in [-0.05, 0) is 37.5 Å². The molecular weight excluding hydrogens is 158 g/mol. The maximum atomic E-state index is 4.38. The Hall–Kier alpha value is -1.11. The van der Waals surface area contributed by atoms with Crippen molar-refractivity contribution in [3.8, 4) is 0 Å². The summed E-state index contributed by atoms with van der Waals surface area (Å²) in [7, 11) is 0. The predicted octanol–water partition coefficient (Wildman–Crippen LogP) is 3.45. The first-order chi connectivity index (χ1) is 6.18. The van der Waals surface area contributed by atoms with E-state index < -0.39 is 0 Å². The van der Waals surface area contributed by atoms with Crippen LogP contribution in [-0.2, 0) is 0 Å². The molecule has 1 heterocycles. The average molecular weight is 175 g/mol. The van der Waals surface area contributed by atoms with Gasteiger partial charge in [-0.3, -0.25) is 4.98 Å². The van der Waals surface area contributed by atoms with E-state index in [4.69, 9.17) is 0 Å². The molecule has 1 rings (SSSR count). The van der Waals surface area contributed by atoms with E-state index in [1.54, 1.807) is 0 Å². The Kier molecular flexibility index (Phi) is 3.69. The number of rotatable bonds is 3. The molecule has 0 aromatic carbocycles. The first-order valence-corrected chi connectivity index (χ1v) is 4.78. The van der Waals surface area contributed by atoms with Crippen LogP contribution in [-0.4, -0.2) is 4.98 Å². The Morgan fingerprint density at radius 1 is 1.38 bits per heavy atom. The summed E-state index contributed by atoms with van der Waals surface area (Å²) in [5, 5.41) is 0. The number of pyridine rings is 1. The van der Waals surface area contributed by atoms with Gasteiger partial charge in [-0.15, -0.1) is 0 Å². The molecule has 1 aromatic heterocycles. The first-order valence-electron chi connectivity index (χ1n) is 4.78. The first kappa shape index (κ1) is 9.97. The van der Waals surface area contributed by atoms with E-state index >= 15 is 0 Å². The van der Waals surface area contributed by atoms with E-state index in [1.165, 1.54) is 0 Å². The Labute approximate surface area is 80.5 Å². The minimum atomic E-state index is 0.723. The van der Waals surface area contributed by atoms with Crippen molar-refractivity contribution in [3.63, 3.8) is 0 Å². The lowest BCUT2D eigenvalue weighted by Crippen LogP contribution is -1.85. The summed E-state index contributed by atoms with van der Waals surface area (Å²) in [5.74, 6) is 0.723. The van der Waals surface area contributed by atoms with E-state index in [0.29, 0.717) is 0 Å². The molecule has 0 unspecified atom stereocenters. The van der Waals surface area contributed by atoms with Gasteiger partial charge in [0.05, 0.1) is 5.69 Å². The molecule has 0 aliphatic heterocycles. The molecule has 70 valence electrons. The van der Waals surface area contributed by atoms with Gasteiger partial charge in [0.1, 0.15) is 0 Å². The van der Waals surface area contributed by atoms with Gasteiger partial charge in [-0.2, -0.15) is 0 Å². The lowest BCUT2D eigenvalue weighted by Gasteiger charge is -1.97. The minimum absolute atomic E-state index is 0.723. The molecule has 1 heteroatoms. The van der Waals surface area contributed by atoms with Crippen LogP contribution in [0.3, 0.4) is 0 Å². The number of aryl methyl sites for hydroxylation is 1. The molecule has 0 bridgehead atoms. The number of hydrogen-bond donors (Lipinski definition) is 0. The van der Waals surface area contributed by atoms with Crippen LogP contribution in [0.1, 0.15) is 31.7 Å². The highest BCUT2D eigenvalue weighted by Gasteiger charge is 1.90. The topological polar surface area (TPSA) is 12.9 Å². The summed E-state index contributed by atoms with van der Waals surface area (Å²) >= 11 is 0. The average Bonchev–Trinajstić information content (AvgIpc) is 2.03. The summed E-state index contributed by atoms with van der Waals surface area (Å²) in [6, 6.07) is 6.08. The van der Waals surface area contributed by atoms with E-state index in [-0.39, 0.29) is 0 Å². The minimum Gasteiger partial charge on any atom is -0.254 e. The number of nitrogens with zero attached hydrogens (tertiary/aromatic N) is 1. The van der Waals surface area contributed by atoms with Crippen LogP contribution in [0.15, 0.2) is 24.3 Å². The van der Waals surface area contributed by atoms with Gasteiger partial charge >= 0.3 is 0 Å². The molecule has 0 N–H and O–H groups in total. The van der Waals surface area contributed by atoms with E-state index in [0.717, 1.165) is 23.7 Å². The third-order valence-electron chi connectivity index (χ3n) is 1.81. The zero-order valence-corrected chi connectivity index (χ0v) is 8.62. The highest BCUT2D eigenvalue weighted by molar-refractivity contribution is 5.44. The number of aromatic nitrogens is 1. The van der Waals surface area contributed by atoms with Gasteiger partial charge < -0.3 is 0 Å². The van der Waals surface area contributed by atoms with Crippen molar-refractivity contribution in [2.75, 3.05) is 0 Å². The third-order valence-corrected chi connectivity index (χ3v) is 1.81. The van der Waals surface area contributed by atoms with Gasteiger partial charge in [0.2, 0.25) is 0 Å². The third kappa shape index (κ3) is 3.88. The van der Waals surface area contributed by atoms with Crippen LogP contribution in [0.4, 0.5) is 0 Å². The van der Waals surface area contributed by atoms with Crippen molar-refractivity contribution in [2.45, 2.75) is 27.2 Å². The zero-order valence-electron chi connectivity index (χ0n) is 8.62. The summed E-state index contributed by atoms with van der Waals surface area (Å²) in [6.07, 6.45) is 5.40. The molecule has 0 amide bonds. The molecule has 0 aliphatic rings. The largest absolute Gasteiger partial charge is 0.254 e. The molecule has 0 spiro atoms. The Morgan fingerprint density at radius 3 is 2.77 bits per heavy atom. The van der Waals surface area contributed by atoms with Crippen LogP contribution in [0, 0.1) is 12.8 Å². The number of allylic oxidation sites excluding steroid dienone is 1. The molecule has 13 heavy (non-hydrogen) atoms. The predicted molar refractivity (Wildman–Crippen MR) is 57.5 cm³/mol. The second-order valence-electron chi connectivity index (χ2n) is 3.74. The molecule has 1 aromatic rings. The second kappa shape index (κ2) is 4.80. The van der Waals surface area contributed by atoms with Gasteiger partial charge in [-0.1, -0.05) is 26.0 Å². The van der Waals surface area contributed by atoms with Crippen LogP contribution >= 0.6 is 0 Å². The normalized spacial score (nSPS) is 11.4. The van der Waals surface area contributed by atoms with Crippen LogP contribution in [0.25, 0.3) is 6.08 Å². The van der Waals surface area contributed by atoms with Gasteiger partial charge in [0.15, 0.2) is 0 Å². The van der Waals surface area contributed by atoms with E-state index in [2.05, 4.69) is 31.0 Å². The fourth-order valence-electron chi connectivity index (χ4n) is 1.12. The molecule has 0 saturated heterocycles. The van der Waals surface area contributed by atoms with Crippen LogP contribution in [0.2, 0.25) is 0 Å². The molecule has 0 saturated carbocycles. The van der Waals surface area contributed by atoms with Crippen LogP contribution in [0.5, 0.6) is 0 Å². The Morgan fingerprint density at radius 2 is 2.15 bits per heavy atom. The standard InChI is InChI=1S/C12H17N/c1-10(2)6-4-8-12-9-5-7-11(3)13-12/h4-5,7-10H,6H2,1-3H3/b8-4+. The van der Waals surface area contributed by atoms with Crippen LogP contribution < -0.4 is 0 Å². The van der Waals surface area contributed by atoms with Crippen molar-refractivity contribution < 1.29 is 0 Å². The lowest BCUT2D eigenvalue weighted by atomic mass is 10.1. The Bertz CT molecular complexity index is 287.